The Morgan fingerprint density at radius 3 is 2.76 bits per heavy atom. The SMILES string of the molecule is CSc1sc(C(=N)N)cc1NC1=NC(O)(C(F)(F)F)CS1. The van der Waals surface area contributed by atoms with E-state index >= 15 is 0 Å². The molecule has 1 aliphatic heterocycles. The lowest BCUT2D eigenvalue weighted by Gasteiger charge is -2.20. The molecule has 0 spiro atoms. The first kappa shape index (κ1) is 16.5. The van der Waals surface area contributed by atoms with Gasteiger partial charge in [-0.1, -0.05) is 11.8 Å². The third-order valence-electron chi connectivity index (χ3n) is 2.54. The molecule has 1 unspecified atom stereocenters. The van der Waals surface area contributed by atoms with Crippen molar-refractivity contribution in [1.82, 2.24) is 0 Å². The Labute approximate surface area is 130 Å². The van der Waals surface area contributed by atoms with Crippen LogP contribution in [0.3, 0.4) is 0 Å². The highest BCUT2D eigenvalue weighted by Crippen LogP contribution is 2.41. The normalized spacial score (nSPS) is 22.2. The summed E-state index contributed by atoms with van der Waals surface area (Å²) in [4.78, 5) is 3.84. The summed E-state index contributed by atoms with van der Waals surface area (Å²) in [5.74, 6) is -0.701. The van der Waals surface area contributed by atoms with Crippen LogP contribution in [0.15, 0.2) is 15.3 Å². The lowest BCUT2D eigenvalue weighted by molar-refractivity contribution is -0.245. The number of aliphatic imine (C=N–C) groups is 1. The van der Waals surface area contributed by atoms with Crippen molar-refractivity contribution < 1.29 is 18.3 Å². The van der Waals surface area contributed by atoms with E-state index in [0.717, 1.165) is 16.0 Å². The van der Waals surface area contributed by atoms with Crippen molar-refractivity contribution in [3.8, 4) is 0 Å². The second kappa shape index (κ2) is 5.71. The topological polar surface area (TPSA) is 94.5 Å². The number of nitrogen functional groups attached to an aromatic ring is 1. The van der Waals surface area contributed by atoms with Crippen molar-refractivity contribution in [2.24, 2.45) is 10.7 Å². The number of amidine groups is 2. The van der Waals surface area contributed by atoms with Gasteiger partial charge in [0.25, 0.3) is 5.72 Å². The zero-order chi connectivity index (χ0) is 15.8. The highest BCUT2D eigenvalue weighted by atomic mass is 32.2. The van der Waals surface area contributed by atoms with Gasteiger partial charge in [0, 0.05) is 0 Å². The van der Waals surface area contributed by atoms with Crippen LogP contribution in [0.2, 0.25) is 0 Å². The van der Waals surface area contributed by atoms with Crippen LogP contribution in [-0.2, 0) is 0 Å². The number of nitrogens with two attached hydrogens (primary N) is 1. The number of thiophene rings is 1. The van der Waals surface area contributed by atoms with Crippen LogP contribution in [-0.4, -0.2) is 40.0 Å². The van der Waals surface area contributed by atoms with Crippen LogP contribution in [0.1, 0.15) is 4.88 Å². The van der Waals surface area contributed by atoms with Gasteiger partial charge < -0.3 is 16.2 Å². The third-order valence-corrected chi connectivity index (χ3v) is 5.86. The first-order valence-corrected chi connectivity index (χ1v) is 8.50. The summed E-state index contributed by atoms with van der Waals surface area (Å²) in [6, 6.07) is 1.58. The Balaban J connectivity index is 2.24. The predicted molar refractivity (Wildman–Crippen MR) is 81.6 cm³/mol. The van der Waals surface area contributed by atoms with Crippen molar-refractivity contribution in [2.75, 3.05) is 17.3 Å². The second-order valence-electron chi connectivity index (χ2n) is 4.07. The van der Waals surface area contributed by atoms with E-state index in [2.05, 4.69) is 10.3 Å². The fraction of sp³-hybridized carbons (Fsp3) is 0.400. The molecule has 5 N–H and O–H groups in total. The summed E-state index contributed by atoms with van der Waals surface area (Å²) >= 11 is 3.42. The maximum Gasteiger partial charge on any atom is 0.439 e. The number of hydrogen-bond acceptors (Lipinski definition) is 7. The Kier molecular flexibility index (Phi) is 4.47. The molecular formula is C10H11F3N4OS3. The van der Waals surface area contributed by atoms with E-state index in [1.54, 1.807) is 12.3 Å². The first-order valence-electron chi connectivity index (χ1n) is 5.47. The summed E-state index contributed by atoms with van der Waals surface area (Å²) in [7, 11) is 0. The summed E-state index contributed by atoms with van der Waals surface area (Å²) < 4.78 is 38.8. The molecule has 0 saturated carbocycles. The summed E-state index contributed by atoms with van der Waals surface area (Å²) in [6.07, 6.45) is -3.01. The molecule has 11 heteroatoms. The van der Waals surface area contributed by atoms with E-state index < -0.39 is 17.7 Å². The lowest BCUT2D eigenvalue weighted by Crippen LogP contribution is -2.43. The third kappa shape index (κ3) is 3.30. The zero-order valence-electron chi connectivity index (χ0n) is 10.6. The number of thioether (sulfide) groups is 2. The number of nitrogens with zero attached hydrogens (tertiary/aromatic N) is 1. The van der Waals surface area contributed by atoms with Gasteiger partial charge >= 0.3 is 6.18 Å². The first-order chi connectivity index (χ1) is 9.66. The molecule has 1 aliphatic rings. The monoisotopic (exact) mass is 356 g/mol. The van der Waals surface area contributed by atoms with E-state index in [0.29, 0.717) is 10.6 Å². The minimum absolute atomic E-state index is 0.0157. The quantitative estimate of drug-likeness (QED) is 0.379. The standard InChI is InChI=1S/C10H11F3N4OS3/c1-19-7-4(2-5(21-7)6(14)15)16-8-17-9(18,3-20-8)10(11,12)13/h2,18H,3H2,1H3,(H3,14,15)(H,16,17). The van der Waals surface area contributed by atoms with Crippen molar-refractivity contribution >= 4 is 51.6 Å². The van der Waals surface area contributed by atoms with Crippen LogP contribution < -0.4 is 11.1 Å². The molecule has 0 amide bonds. The van der Waals surface area contributed by atoms with Crippen molar-refractivity contribution in [3.05, 3.63) is 10.9 Å². The van der Waals surface area contributed by atoms with Crippen molar-refractivity contribution in [1.29, 1.82) is 5.41 Å². The molecule has 0 saturated heterocycles. The largest absolute Gasteiger partial charge is 0.439 e. The van der Waals surface area contributed by atoms with Gasteiger partial charge in [-0.2, -0.15) is 13.2 Å². The smallest absolute Gasteiger partial charge is 0.383 e. The number of anilines is 1. The Hall–Kier alpha value is -0.910. The summed E-state index contributed by atoms with van der Waals surface area (Å²) in [5, 5.41) is 19.6. The van der Waals surface area contributed by atoms with Crippen LogP contribution in [0, 0.1) is 5.41 Å². The van der Waals surface area contributed by atoms with Crippen molar-refractivity contribution in [2.45, 2.75) is 16.1 Å². The molecule has 21 heavy (non-hydrogen) atoms. The van der Waals surface area contributed by atoms with Crippen molar-refractivity contribution in [3.63, 3.8) is 0 Å². The number of halogens is 3. The van der Waals surface area contributed by atoms with Crippen LogP contribution in [0.4, 0.5) is 18.9 Å². The fourth-order valence-corrected chi connectivity index (χ4v) is 4.07. The molecule has 0 aromatic carbocycles. The average Bonchev–Trinajstić information content (AvgIpc) is 2.94. The molecule has 1 atom stereocenters. The highest BCUT2D eigenvalue weighted by molar-refractivity contribution is 8.14. The van der Waals surface area contributed by atoms with Crippen LogP contribution in [0.5, 0.6) is 0 Å². The van der Waals surface area contributed by atoms with Gasteiger partial charge in [-0.15, -0.1) is 23.1 Å². The van der Waals surface area contributed by atoms with E-state index in [1.165, 1.54) is 23.1 Å². The minimum atomic E-state index is -4.81. The van der Waals surface area contributed by atoms with Gasteiger partial charge in [0.2, 0.25) is 0 Å². The molecule has 2 rings (SSSR count). The van der Waals surface area contributed by atoms with Gasteiger partial charge in [-0.25, -0.2) is 4.99 Å². The number of rotatable bonds is 3. The molecule has 2 heterocycles. The molecule has 0 bridgehead atoms. The van der Waals surface area contributed by atoms with Crippen LogP contribution in [0.25, 0.3) is 0 Å². The fourth-order valence-electron chi connectivity index (χ4n) is 1.47. The minimum Gasteiger partial charge on any atom is -0.383 e. The maximum atomic E-state index is 12.7. The van der Waals surface area contributed by atoms with Gasteiger partial charge in [-0.05, 0) is 12.3 Å². The number of aliphatic hydroxyl groups is 1. The molecule has 5 nitrogen and oxygen atoms in total. The van der Waals surface area contributed by atoms with Crippen LogP contribution >= 0.6 is 34.9 Å². The lowest BCUT2D eigenvalue weighted by atomic mass is 10.3. The van der Waals surface area contributed by atoms with Gasteiger partial charge in [0.1, 0.15) is 5.84 Å². The van der Waals surface area contributed by atoms with Gasteiger partial charge in [0.15, 0.2) is 5.17 Å². The molecule has 116 valence electrons. The molecule has 1 aromatic rings. The second-order valence-corrected chi connectivity index (χ2v) is 7.17. The van der Waals surface area contributed by atoms with E-state index in [9.17, 15) is 18.3 Å². The maximum absolute atomic E-state index is 12.7. The number of hydrogen-bond donors (Lipinski definition) is 4. The zero-order valence-corrected chi connectivity index (χ0v) is 13.1. The Morgan fingerprint density at radius 2 is 2.29 bits per heavy atom. The summed E-state index contributed by atoms with van der Waals surface area (Å²) in [5.41, 5.74) is 2.86. The van der Waals surface area contributed by atoms with Gasteiger partial charge in [0.05, 0.1) is 20.5 Å². The van der Waals surface area contributed by atoms with E-state index in [4.69, 9.17) is 11.1 Å². The predicted octanol–water partition coefficient (Wildman–Crippen LogP) is 2.52. The number of nitrogens with one attached hydrogen (secondary N) is 2. The van der Waals surface area contributed by atoms with E-state index in [-0.39, 0.29) is 11.0 Å². The molecule has 0 fully saturated rings. The van der Waals surface area contributed by atoms with Gasteiger partial charge in [-0.3, -0.25) is 5.41 Å². The van der Waals surface area contributed by atoms with E-state index in [1.807, 2.05) is 0 Å². The number of alkyl halides is 3. The Bertz CT molecular complexity index is 601. The Morgan fingerprint density at radius 1 is 1.62 bits per heavy atom. The molecule has 0 radical (unpaired) electrons. The highest BCUT2D eigenvalue weighted by Gasteiger charge is 2.57. The summed E-state index contributed by atoms with van der Waals surface area (Å²) in [6.45, 7) is 0. The molecule has 1 aromatic heterocycles. The average molecular weight is 356 g/mol. The molecule has 0 aliphatic carbocycles. The molecular weight excluding hydrogens is 345 g/mol.